The van der Waals surface area contributed by atoms with E-state index in [2.05, 4.69) is 25.2 Å². The van der Waals surface area contributed by atoms with E-state index in [1.807, 2.05) is 6.07 Å². The van der Waals surface area contributed by atoms with Crippen LogP contribution in [0, 0.1) is 0 Å². The number of nitrogens with one attached hydrogen (secondary N) is 1. The number of rotatable bonds is 9. The van der Waals surface area contributed by atoms with Crippen molar-refractivity contribution in [2.24, 2.45) is 0 Å². The Balaban J connectivity index is 2.56. The molecule has 0 aliphatic carbocycles. The van der Waals surface area contributed by atoms with E-state index in [0.29, 0.717) is 5.75 Å². The molecule has 0 fully saturated rings. The summed E-state index contributed by atoms with van der Waals surface area (Å²) in [5, 5.41) is 13.4. The summed E-state index contributed by atoms with van der Waals surface area (Å²) in [6.07, 6.45) is 8.26. The maximum Gasteiger partial charge on any atom is 0.120 e. The van der Waals surface area contributed by atoms with E-state index in [0.717, 1.165) is 30.6 Å². The maximum atomic E-state index is 9.95. The van der Waals surface area contributed by atoms with Crippen LogP contribution in [0.3, 0.4) is 0 Å². The van der Waals surface area contributed by atoms with Crippen molar-refractivity contribution >= 4 is 5.69 Å². The lowest BCUT2D eigenvalue weighted by Crippen LogP contribution is -2.04. The quantitative estimate of drug-likeness (QED) is 0.620. The molecule has 0 radical (unpaired) electrons. The molecule has 0 heterocycles. The van der Waals surface area contributed by atoms with Crippen molar-refractivity contribution in [3.8, 4) is 5.75 Å². The minimum absolute atomic E-state index is 0.437. The number of hydrogen-bond donors (Lipinski definition) is 2. The number of benzene rings is 1. The minimum Gasteiger partial charge on any atom is -0.508 e. The maximum absolute atomic E-state index is 9.95. The van der Waals surface area contributed by atoms with Crippen molar-refractivity contribution in [2.45, 2.75) is 58.8 Å². The summed E-state index contributed by atoms with van der Waals surface area (Å²) in [4.78, 5) is 0. The zero-order valence-electron chi connectivity index (χ0n) is 11.8. The van der Waals surface area contributed by atoms with Crippen LogP contribution < -0.4 is 5.32 Å². The van der Waals surface area contributed by atoms with E-state index >= 15 is 0 Å². The predicted octanol–water partition coefficient (Wildman–Crippen LogP) is 4.73. The first-order valence-corrected chi connectivity index (χ1v) is 7.34. The van der Waals surface area contributed by atoms with E-state index in [1.165, 1.54) is 32.1 Å². The number of phenols is 1. The van der Waals surface area contributed by atoms with Gasteiger partial charge >= 0.3 is 0 Å². The number of anilines is 1. The number of hydrogen-bond acceptors (Lipinski definition) is 2. The topological polar surface area (TPSA) is 32.3 Å². The highest BCUT2D eigenvalue weighted by molar-refractivity contribution is 5.57. The fourth-order valence-electron chi connectivity index (χ4n) is 2.15. The molecule has 1 aromatic rings. The summed E-state index contributed by atoms with van der Waals surface area (Å²) >= 11 is 0. The predicted molar refractivity (Wildman–Crippen MR) is 79.4 cm³/mol. The Bertz CT molecular complexity index is 336. The molecule has 0 unspecified atom stereocenters. The van der Waals surface area contributed by atoms with Crippen LogP contribution in [0.2, 0.25) is 0 Å². The van der Waals surface area contributed by atoms with Crippen molar-refractivity contribution < 1.29 is 5.11 Å². The highest BCUT2D eigenvalue weighted by Crippen LogP contribution is 2.27. The average molecular weight is 249 g/mol. The second-order valence-electron chi connectivity index (χ2n) is 4.89. The lowest BCUT2D eigenvalue weighted by molar-refractivity contribution is 0.467. The van der Waals surface area contributed by atoms with Crippen molar-refractivity contribution in [3.63, 3.8) is 0 Å². The van der Waals surface area contributed by atoms with Gasteiger partial charge in [-0.1, -0.05) is 45.6 Å². The molecule has 0 amide bonds. The van der Waals surface area contributed by atoms with E-state index in [9.17, 15) is 5.11 Å². The van der Waals surface area contributed by atoms with Gasteiger partial charge in [0.1, 0.15) is 5.75 Å². The van der Waals surface area contributed by atoms with E-state index < -0.39 is 0 Å². The normalized spacial score (nSPS) is 10.6. The Morgan fingerprint density at radius 3 is 2.44 bits per heavy atom. The first-order chi connectivity index (χ1) is 8.79. The molecular weight excluding hydrogens is 222 g/mol. The molecule has 1 rings (SSSR count). The van der Waals surface area contributed by atoms with Crippen molar-refractivity contribution in [3.05, 3.63) is 23.8 Å². The zero-order valence-corrected chi connectivity index (χ0v) is 11.8. The van der Waals surface area contributed by atoms with Crippen LogP contribution in [-0.2, 0) is 6.42 Å². The van der Waals surface area contributed by atoms with Gasteiger partial charge in [-0.2, -0.15) is 0 Å². The molecule has 0 spiro atoms. The molecule has 0 aliphatic heterocycles. The molecule has 0 bridgehead atoms. The van der Waals surface area contributed by atoms with Crippen LogP contribution in [0.15, 0.2) is 18.2 Å². The van der Waals surface area contributed by atoms with Crippen LogP contribution in [-0.4, -0.2) is 11.7 Å². The molecule has 0 saturated carbocycles. The van der Waals surface area contributed by atoms with Crippen LogP contribution in [0.25, 0.3) is 0 Å². The van der Waals surface area contributed by atoms with Gasteiger partial charge < -0.3 is 10.4 Å². The SMILES string of the molecule is CCCCCNc1cccc(O)c1CCCCC. The third-order valence-electron chi connectivity index (χ3n) is 3.28. The molecule has 2 nitrogen and oxygen atoms in total. The average Bonchev–Trinajstić information content (AvgIpc) is 2.37. The van der Waals surface area contributed by atoms with Gasteiger partial charge in [0.25, 0.3) is 0 Å². The molecule has 2 N–H and O–H groups in total. The first kappa shape index (κ1) is 14.9. The molecule has 1 aromatic carbocycles. The lowest BCUT2D eigenvalue weighted by atomic mass is 10.0. The van der Waals surface area contributed by atoms with Crippen LogP contribution in [0.5, 0.6) is 5.75 Å². The van der Waals surface area contributed by atoms with Gasteiger partial charge in [0, 0.05) is 17.8 Å². The standard InChI is InChI=1S/C16H27NO/c1-3-5-7-10-14-15(11-9-12-16(14)18)17-13-8-6-4-2/h9,11-12,17-18H,3-8,10,13H2,1-2H3. The van der Waals surface area contributed by atoms with Gasteiger partial charge in [0.2, 0.25) is 0 Å². The summed E-state index contributed by atoms with van der Waals surface area (Å²) in [5.74, 6) is 0.437. The summed E-state index contributed by atoms with van der Waals surface area (Å²) in [7, 11) is 0. The fourth-order valence-corrected chi connectivity index (χ4v) is 2.15. The van der Waals surface area contributed by atoms with Gasteiger partial charge in [-0.3, -0.25) is 0 Å². The molecule has 0 aliphatic rings. The molecule has 102 valence electrons. The monoisotopic (exact) mass is 249 g/mol. The van der Waals surface area contributed by atoms with E-state index in [1.54, 1.807) is 6.07 Å². The zero-order chi connectivity index (χ0) is 13.2. The molecule has 0 aromatic heterocycles. The third kappa shape index (κ3) is 4.99. The number of phenolic OH excluding ortho intramolecular Hbond substituents is 1. The first-order valence-electron chi connectivity index (χ1n) is 7.34. The van der Waals surface area contributed by atoms with E-state index in [4.69, 9.17) is 0 Å². The van der Waals surface area contributed by atoms with Crippen LogP contribution >= 0.6 is 0 Å². The summed E-state index contributed by atoms with van der Waals surface area (Å²) in [6, 6.07) is 5.78. The minimum atomic E-state index is 0.437. The van der Waals surface area contributed by atoms with Gasteiger partial charge in [0.15, 0.2) is 0 Å². The van der Waals surface area contributed by atoms with Gasteiger partial charge in [-0.25, -0.2) is 0 Å². The second-order valence-corrected chi connectivity index (χ2v) is 4.89. The van der Waals surface area contributed by atoms with Crippen LogP contribution in [0.1, 0.15) is 57.9 Å². The fraction of sp³-hybridized carbons (Fsp3) is 0.625. The Morgan fingerprint density at radius 2 is 1.72 bits per heavy atom. The third-order valence-corrected chi connectivity index (χ3v) is 3.28. The van der Waals surface area contributed by atoms with E-state index in [-0.39, 0.29) is 0 Å². The van der Waals surface area contributed by atoms with Crippen molar-refractivity contribution in [1.29, 1.82) is 0 Å². The number of unbranched alkanes of at least 4 members (excludes halogenated alkanes) is 4. The van der Waals surface area contributed by atoms with Gasteiger partial charge in [-0.05, 0) is 31.4 Å². The smallest absolute Gasteiger partial charge is 0.120 e. The second kappa shape index (κ2) is 8.84. The summed E-state index contributed by atoms with van der Waals surface area (Å²) in [6.45, 7) is 5.41. The Kier molecular flexibility index (Phi) is 7.31. The van der Waals surface area contributed by atoms with Gasteiger partial charge in [-0.15, -0.1) is 0 Å². The largest absolute Gasteiger partial charge is 0.508 e. The number of aromatic hydroxyl groups is 1. The summed E-state index contributed by atoms with van der Waals surface area (Å²) < 4.78 is 0. The molecular formula is C16H27NO. The van der Waals surface area contributed by atoms with Crippen molar-refractivity contribution in [2.75, 3.05) is 11.9 Å². The van der Waals surface area contributed by atoms with Gasteiger partial charge in [0.05, 0.1) is 0 Å². The Morgan fingerprint density at radius 1 is 1.00 bits per heavy atom. The Hall–Kier alpha value is -1.18. The highest BCUT2D eigenvalue weighted by atomic mass is 16.3. The molecule has 0 saturated heterocycles. The summed E-state index contributed by atoms with van der Waals surface area (Å²) in [5.41, 5.74) is 2.20. The van der Waals surface area contributed by atoms with Crippen LogP contribution in [0.4, 0.5) is 5.69 Å². The lowest BCUT2D eigenvalue weighted by Gasteiger charge is -2.13. The molecule has 0 atom stereocenters. The van der Waals surface area contributed by atoms with Crippen molar-refractivity contribution in [1.82, 2.24) is 0 Å². The molecule has 2 heteroatoms. The highest BCUT2D eigenvalue weighted by Gasteiger charge is 2.06. The Labute approximate surface area is 111 Å². The molecule has 18 heavy (non-hydrogen) atoms.